The lowest BCUT2D eigenvalue weighted by atomic mass is 10.1. The van der Waals surface area contributed by atoms with Gasteiger partial charge in [-0.1, -0.05) is 68.8 Å². The van der Waals surface area contributed by atoms with Gasteiger partial charge < -0.3 is 10.2 Å². The van der Waals surface area contributed by atoms with Crippen molar-refractivity contribution in [3.8, 4) is 0 Å². The molecule has 0 heterocycles. The normalized spacial score (nSPS) is 13.1. The maximum Gasteiger partial charge on any atom is 0.244 e. The van der Waals surface area contributed by atoms with Gasteiger partial charge in [0, 0.05) is 17.6 Å². The number of benzene rings is 2. The molecule has 35 heavy (non-hydrogen) atoms. The number of carbonyl (C=O) groups is 2. The number of amides is 2. The number of nitrogens with zero attached hydrogens (tertiary/aromatic N) is 2. The van der Waals surface area contributed by atoms with E-state index in [1.165, 1.54) is 4.90 Å². The van der Waals surface area contributed by atoms with Crippen LogP contribution in [-0.2, 0) is 32.6 Å². The van der Waals surface area contributed by atoms with E-state index in [-0.39, 0.29) is 18.5 Å². The van der Waals surface area contributed by atoms with E-state index in [1.54, 1.807) is 30.3 Å². The van der Waals surface area contributed by atoms with Crippen LogP contribution in [-0.4, -0.2) is 50.0 Å². The second-order valence-electron chi connectivity index (χ2n) is 8.61. The molecule has 0 saturated heterocycles. The van der Waals surface area contributed by atoms with Crippen molar-refractivity contribution in [3.05, 3.63) is 64.7 Å². The van der Waals surface area contributed by atoms with Crippen LogP contribution in [0.5, 0.6) is 0 Å². The smallest absolute Gasteiger partial charge is 0.244 e. The van der Waals surface area contributed by atoms with E-state index >= 15 is 0 Å². The fourth-order valence-electron chi connectivity index (χ4n) is 3.82. The summed E-state index contributed by atoms with van der Waals surface area (Å²) in [6.45, 7) is 7.28. The zero-order chi connectivity index (χ0) is 26.2. The molecule has 0 spiro atoms. The first kappa shape index (κ1) is 28.7. The lowest BCUT2D eigenvalue weighted by molar-refractivity contribution is -0.140. The summed E-state index contributed by atoms with van der Waals surface area (Å²) in [4.78, 5) is 28.3. The van der Waals surface area contributed by atoms with Gasteiger partial charge in [-0.3, -0.25) is 13.9 Å². The van der Waals surface area contributed by atoms with E-state index in [0.29, 0.717) is 29.1 Å². The van der Waals surface area contributed by atoms with Crippen LogP contribution in [0.4, 0.5) is 5.69 Å². The fraction of sp³-hybridized carbons (Fsp3) is 0.462. The van der Waals surface area contributed by atoms with Crippen molar-refractivity contribution in [2.24, 2.45) is 0 Å². The monoisotopic (exact) mass is 521 g/mol. The van der Waals surface area contributed by atoms with E-state index in [2.05, 4.69) is 5.32 Å². The van der Waals surface area contributed by atoms with Crippen LogP contribution < -0.4 is 9.62 Å². The van der Waals surface area contributed by atoms with Crippen molar-refractivity contribution >= 4 is 39.1 Å². The summed E-state index contributed by atoms with van der Waals surface area (Å²) in [6.07, 6.45) is 2.80. The predicted molar refractivity (Wildman–Crippen MR) is 142 cm³/mol. The van der Waals surface area contributed by atoms with E-state index < -0.39 is 28.5 Å². The van der Waals surface area contributed by atoms with E-state index in [4.69, 9.17) is 11.6 Å². The molecule has 7 nitrogen and oxygen atoms in total. The number of sulfonamides is 1. The van der Waals surface area contributed by atoms with E-state index in [9.17, 15) is 18.0 Å². The van der Waals surface area contributed by atoms with E-state index in [1.807, 2.05) is 45.9 Å². The largest absolute Gasteiger partial charge is 0.352 e. The Kier molecular flexibility index (Phi) is 10.6. The summed E-state index contributed by atoms with van der Waals surface area (Å²) < 4.78 is 26.7. The molecule has 2 amide bonds. The summed E-state index contributed by atoms with van der Waals surface area (Å²) in [6, 6.07) is 13.4. The molecular weight excluding hydrogens is 486 g/mol. The van der Waals surface area contributed by atoms with Crippen molar-refractivity contribution in [1.29, 1.82) is 0 Å². The molecule has 0 bridgehead atoms. The van der Waals surface area contributed by atoms with Gasteiger partial charge >= 0.3 is 0 Å². The number of halogens is 1. The van der Waals surface area contributed by atoms with Crippen molar-refractivity contribution in [3.63, 3.8) is 0 Å². The lowest BCUT2D eigenvalue weighted by Crippen LogP contribution is -2.53. The van der Waals surface area contributed by atoms with Crippen molar-refractivity contribution in [2.75, 3.05) is 17.1 Å². The molecule has 0 fully saturated rings. The Balaban J connectivity index is 2.49. The Morgan fingerprint density at radius 2 is 1.57 bits per heavy atom. The average molecular weight is 522 g/mol. The number of carbonyl (C=O) groups excluding carboxylic acids is 2. The number of hydrogen-bond donors (Lipinski definition) is 1. The van der Waals surface area contributed by atoms with Crippen molar-refractivity contribution in [2.45, 2.75) is 65.6 Å². The number of rotatable bonds is 12. The Labute approximate surface area is 214 Å². The van der Waals surface area contributed by atoms with Gasteiger partial charge in [-0.25, -0.2) is 8.42 Å². The molecule has 2 rings (SSSR count). The second-order valence-corrected chi connectivity index (χ2v) is 10.9. The molecule has 2 aromatic rings. The Bertz CT molecular complexity index is 1120. The zero-order valence-electron chi connectivity index (χ0n) is 21.1. The summed E-state index contributed by atoms with van der Waals surface area (Å²) in [5.41, 5.74) is 1.95. The Morgan fingerprint density at radius 1 is 0.971 bits per heavy atom. The lowest BCUT2D eigenvalue weighted by Gasteiger charge is -2.34. The highest BCUT2D eigenvalue weighted by Gasteiger charge is 2.32. The van der Waals surface area contributed by atoms with Crippen LogP contribution in [0.15, 0.2) is 48.5 Å². The summed E-state index contributed by atoms with van der Waals surface area (Å²) >= 11 is 6.38. The standard InChI is InChI=1S/C26H36ClN3O4S/c1-6-19(4)28-26(32)23(8-3)29(17-21-14-9-11-15-22(21)27)25(31)18-30(35(5,33)34)24-16-12-10-13-20(24)7-2/h9-16,19,23H,6-8,17-18H2,1-5H3,(H,28,32). The van der Waals surface area contributed by atoms with E-state index in [0.717, 1.165) is 22.5 Å². The topological polar surface area (TPSA) is 86.8 Å². The molecule has 0 radical (unpaired) electrons. The predicted octanol–water partition coefficient (Wildman–Crippen LogP) is 4.39. The van der Waals surface area contributed by atoms with Gasteiger partial charge in [0.05, 0.1) is 11.9 Å². The van der Waals surface area contributed by atoms with Crippen LogP contribution in [0.25, 0.3) is 0 Å². The zero-order valence-corrected chi connectivity index (χ0v) is 22.7. The average Bonchev–Trinajstić information content (AvgIpc) is 2.82. The quantitative estimate of drug-likeness (QED) is 0.448. The van der Waals surface area contributed by atoms with Gasteiger partial charge in [0.2, 0.25) is 21.8 Å². The van der Waals surface area contributed by atoms with Gasteiger partial charge in [0.25, 0.3) is 0 Å². The number of nitrogens with one attached hydrogen (secondary N) is 1. The molecule has 0 aliphatic carbocycles. The first-order valence-corrected chi connectivity index (χ1v) is 14.1. The minimum atomic E-state index is -3.78. The summed E-state index contributed by atoms with van der Waals surface area (Å²) in [5, 5.41) is 3.42. The van der Waals surface area contributed by atoms with Crippen LogP contribution in [0.1, 0.15) is 51.7 Å². The maximum atomic E-state index is 13.7. The molecule has 0 saturated carbocycles. The first-order chi connectivity index (χ1) is 16.5. The van der Waals surface area contributed by atoms with Crippen LogP contribution >= 0.6 is 11.6 Å². The molecule has 0 aliphatic rings. The first-order valence-electron chi connectivity index (χ1n) is 11.9. The highest BCUT2D eigenvalue weighted by molar-refractivity contribution is 7.92. The molecule has 2 unspecified atom stereocenters. The SMILES string of the molecule is CCc1ccccc1N(CC(=O)N(Cc1ccccc1Cl)C(CC)C(=O)NC(C)CC)S(C)(=O)=O. The second kappa shape index (κ2) is 12.9. The third-order valence-electron chi connectivity index (χ3n) is 6.01. The highest BCUT2D eigenvalue weighted by atomic mass is 35.5. The number of para-hydroxylation sites is 1. The number of anilines is 1. The Hall–Kier alpha value is -2.58. The molecule has 0 aliphatic heterocycles. The minimum absolute atomic E-state index is 0.0576. The van der Waals surface area contributed by atoms with Crippen molar-refractivity contribution < 1.29 is 18.0 Å². The molecule has 2 atom stereocenters. The summed E-state index contributed by atoms with van der Waals surface area (Å²) in [7, 11) is -3.78. The molecule has 9 heteroatoms. The fourth-order valence-corrected chi connectivity index (χ4v) is 4.89. The molecule has 0 aromatic heterocycles. The van der Waals surface area contributed by atoms with Crippen LogP contribution in [0.3, 0.4) is 0 Å². The summed E-state index contributed by atoms with van der Waals surface area (Å²) in [5.74, 6) is -0.755. The minimum Gasteiger partial charge on any atom is -0.352 e. The third kappa shape index (κ3) is 7.70. The number of aryl methyl sites for hydroxylation is 1. The molecule has 192 valence electrons. The van der Waals surface area contributed by atoms with Gasteiger partial charge in [-0.2, -0.15) is 0 Å². The van der Waals surface area contributed by atoms with Gasteiger partial charge in [-0.15, -0.1) is 0 Å². The van der Waals surface area contributed by atoms with Crippen molar-refractivity contribution in [1.82, 2.24) is 10.2 Å². The van der Waals surface area contributed by atoms with Gasteiger partial charge in [0.1, 0.15) is 12.6 Å². The number of hydrogen-bond acceptors (Lipinski definition) is 4. The van der Waals surface area contributed by atoms with Crippen LogP contribution in [0, 0.1) is 0 Å². The molecule has 2 aromatic carbocycles. The maximum absolute atomic E-state index is 13.7. The molecular formula is C26H36ClN3O4S. The van der Waals surface area contributed by atoms with Gasteiger partial charge in [-0.05, 0) is 49.4 Å². The van der Waals surface area contributed by atoms with Gasteiger partial charge in [0.15, 0.2) is 0 Å². The Morgan fingerprint density at radius 3 is 2.11 bits per heavy atom. The third-order valence-corrected chi connectivity index (χ3v) is 7.50. The highest BCUT2D eigenvalue weighted by Crippen LogP contribution is 2.25. The van der Waals surface area contributed by atoms with Crippen LogP contribution in [0.2, 0.25) is 5.02 Å². The molecule has 1 N–H and O–H groups in total.